The van der Waals surface area contributed by atoms with Crippen molar-refractivity contribution >= 4 is 11.6 Å². The van der Waals surface area contributed by atoms with Crippen LogP contribution in [0.3, 0.4) is 0 Å². The number of pyridine rings is 1. The van der Waals surface area contributed by atoms with Gasteiger partial charge in [-0.25, -0.2) is 0 Å². The van der Waals surface area contributed by atoms with Crippen LogP contribution in [0.15, 0.2) is 18.3 Å². The van der Waals surface area contributed by atoms with Crippen LogP contribution in [0.2, 0.25) is 0 Å². The molecule has 0 saturated carbocycles. The number of rotatable bonds is 4. The van der Waals surface area contributed by atoms with Crippen LogP contribution in [0.5, 0.6) is 0 Å². The van der Waals surface area contributed by atoms with E-state index in [0.29, 0.717) is 17.7 Å². The van der Waals surface area contributed by atoms with Gasteiger partial charge in [0.05, 0.1) is 0 Å². The van der Waals surface area contributed by atoms with Crippen molar-refractivity contribution in [3.05, 3.63) is 24.0 Å². The lowest BCUT2D eigenvalue weighted by atomic mass is 9.92. The van der Waals surface area contributed by atoms with E-state index in [9.17, 15) is 4.79 Å². The van der Waals surface area contributed by atoms with Gasteiger partial charge in [-0.15, -0.1) is 0 Å². The fourth-order valence-electron chi connectivity index (χ4n) is 2.46. The molecule has 0 radical (unpaired) electrons. The predicted octanol–water partition coefficient (Wildman–Crippen LogP) is 1.24. The number of carbonyl (C=O) groups is 1. The maximum Gasteiger partial charge on any atom is 0.269 e. The van der Waals surface area contributed by atoms with Gasteiger partial charge in [-0.05, 0) is 50.9 Å². The van der Waals surface area contributed by atoms with Crippen LogP contribution in [-0.4, -0.2) is 37.1 Å². The highest BCUT2D eigenvalue weighted by molar-refractivity contribution is 5.92. The lowest BCUT2D eigenvalue weighted by Crippen LogP contribution is -2.38. The van der Waals surface area contributed by atoms with Gasteiger partial charge in [0.15, 0.2) is 0 Å². The molecule has 104 valence electrons. The molecule has 2 heterocycles. The minimum atomic E-state index is -0.157. The van der Waals surface area contributed by atoms with E-state index in [4.69, 9.17) is 0 Å². The van der Waals surface area contributed by atoms with Crippen LogP contribution >= 0.6 is 0 Å². The van der Waals surface area contributed by atoms with Crippen LogP contribution in [-0.2, 0) is 0 Å². The number of nitrogens with one attached hydrogen (secondary N) is 3. The Kier molecular flexibility index (Phi) is 4.74. The van der Waals surface area contributed by atoms with Crippen LogP contribution in [0.1, 0.15) is 30.3 Å². The summed E-state index contributed by atoms with van der Waals surface area (Å²) in [5.74, 6) is 0.473. The van der Waals surface area contributed by atoms with E-state index >= 15 is 0 Å². The highest BCUT2D eigenvalue weighted by atomic mass is 16.1. The van der Waals surface area contributed by atoms with Gasteiger partial charge in [0.2, 0.25) is 0 Å². The maximum atomic E-state index is 11.5. The van der Waals surface area contributed by atoms with Crippen LogP contribution in [0, 0.1) is 5.92 Å². The Balaban J connectivity index is 1.99. The van der Waals surface area contributed by atoms with Gasteiger partial charge in [-0.3, -0.25) is 9.78 Å². The molecular formula is C14H22N4O. The number of hydrogen-bond donors (Lipinski definition) is 3. The van der Waals surface area contributed by atoms with Crippen molar-refractivity contribution in [1.82, 2.24) is 15.6 Å². The molecule has 2 unspecified atom stereocenters. The van der Waals surface area contributed by atoms with Crippen molar-refractivity contribution in [1.29, 1.82) is 0 Å². The summed E-state index contributed by atoms with van der Waals surface area (Å²) in [6, 6.07) is 4.08. The van der Waals surface area contributed by atoms with E-state index < -0.39 is 0 Å². The first-order valence-corrected chi connectivity index (χ1v) is 6.86. The summed E-state index contributed by atoms with van der Waals surface area (Å²) in [7, 11) is 1.61. The predicted molar refractivity (Wildman–Crippen MR) is 76.3 cm³/mol. The zero-order valence-electron chi connectivity index (χ0n) is 11.6. The average Bonchev–Trinajstić information content (AvgIpc) is 2.47. The summed E-state index contributed by atoms with van der Waals surface area (Å²) < 4.78 is 0. The average molecular weight is 262 g/mol. The second kappa shape index (κ2) is 6.52. The van der Waals surface area contributed by atoms with Crippen molar-refractivity contribution in [2.75, 3.05) is 25.5 Å². The standard InChI is InChI=1S/C14H22N4O/c1-10(11-4-3-6-16-9-11)18-12-5-7-17-13(8-12)14(19)15-2/h5,7-8,10-11,16H,3-4,6,9H2,1-2H3,(H,15,19)(H,17,18). The third kappa shape index (κ3) is 3.67. The van der Waals surface area contributed by atoms with Crippen LogP contribution in [0.25, 0.3) is 0 Å². The normalized spacial score (nSPS) is 20.6. The first kappa shape index (κ1) is 13.8. The molecule has 1 amide bonds. The molecule has 0 aromatic carbocycles. The molecule has 0 spiro atoms. The molecular weight excluding hydrogens is 240 g/mol. The molecule has 1 aliphatic heterocycles. The zero-order chi connectivity index (χ0) is 13.7. The van der Waals surface area contributed by atoms with Gasteiger partial charge in [0.25, 0.3) is 5.91 Å². The Morgan fingerprint density at radius 3 is 3.11 bits per heavy atom. The molecule has 5 nitrogen and oxygen atoms in total. The highest BCUT2D eigenvalue weighted by Gasteiger charge is 2.19. The number of amides is 1. The summed E-state index contributed by atoms with van der Waals surface area (Å²) in [5, 5.41) is 9.48. The molecule has 1 saturated heterocycles. The summed E-state index contributed by atoms with van der Waals surface area (Å²) in [5.41, 5.74) is 1.40. The van der Waals surface area contributed by atoms with E-state index in [2.05, 4.69) is 27.9 Å². The number of carbonyl (C=O) groups excluding carboxylic acids is 1. The van der Waals surface area contributed by atoms with Crippen molar-refractivity contribution in [2.24, 2.45) is 5.92 Å². The fourth-order valence-corrected chi connectivity index (χ4v) is 2.46. The maximum absolute atomic E-state index is 11.5. The Morgan fingerprint density at radius 1 is 1.58 bits per heavy atom. The molecule has 1 aliphatic rings. The third-order valence-corrected chi connectivity index (χ3v) is 3.66. The van der Waals surface area contributed by atoms with E-state index in [-0.39, 0.29) is 5.91 Å². The van der Waals surface area contributed by atoms with E-state index in [1.807, 2.05) is 6.07 Å². The van der Waals surface area contributed by atoms with Gasteiger partial charge < -0.3 is 16.0 Å². The van der Waals surface area contributed by atoms with Crippen molar-refractivity contribution in [3.63, 3.8) is 0 Å². The Morgan fingerprint density at radius 2 is 2.42 bits per heavy atom. The first-order chi connectivity index (χ1) is 9.20. The van der Waals surface area contributed by atoms with E-state index in [0.717, 1.165) is 18.8 Å². The third-order valence-electron chi connectivity index (χ3n) is 3.66. The molecule has 19 heavy (non-hydrogen) atoms. The lowest BCUT2D eigenvalue weighted by molar-refractivity contribution is 0.0958. The Bertz CT molecular complexity index is 429. The Labute approximate surface area is 114 Å². The minimum Gasteiger partial charge on any atom is -0.382 e. The molecule has 1 aromatic rings. The van der Waals surface area contributed by atoms with Gasteiger partial charge in [-0.2, -0.15) is 0 Å². The highest BCUT2D eigenvalue weighted by Crippen LogP contribution is 2.18. The van der Waals surface area contributed by atoms with Gasteiger partial charge in [0.1, 0.15) is 5.69 Å². The topological polar surface area (TPSA) is 66.1 Å². The second-order valence-corrected chi connectivity index (χ2v) is 5.05. The van der Waals surface area contributed by atoms with Crippen molar-refractivity contribution in [3.8, 4) is 0 Å². The fraction of sp³-hybridized carbons (Fsp3) is 0.571. The van der Waals surface area contributed by atoms with Crippen LogP contribution in [0.4, 0.5) is 5.69 Å². The quantitative estimate of drug-likeness (QED) is 0.764. The SMILES string of the molecule is CNC(=O)c1cc(NC(C)C2CCCNC2)ccn1. The lowest BCUT2D eigenvalue weighted by Gasteiger charge is -2.29. The molecule has 0 bridgehead atoms. The zero-order valence-corrected chi connectivity index (χ0v) is 11.6. The summed E-state index contributed by atoms with van der Waals surface area (Å²) in [6.45, 7) is 4.37. The van der Waals surface area contributed by atoms with Gasteiger partial charge in [-0.1, -0.05) is 0 Å². The minimum absolute atomic E-state index is 0.157. The van der Waals surface area contributed by atoms with Crippen LogP contribution < -0.4 is 16.0 Å². The van der Waals surface area contributed by atoms with E-state index in [1.54, 1.807) is 19.3 Å². The molecule has 3 N–H and O–H groups in total. The number of anilines is 1. The number of hydrogen-bond acceptors (Lipinski definition) is 4. The van der Waals surface area contributed by atoms with Gasteiger partial charge >= 0.3 is 0 Å². The second-order valence-electron chi connectivity index (χ2n) is 5.05. The molecule has 1 fully saturated rings. The summed E-state index contributed by atoms with van der Waals surface area (Å²) in [4.78, 5) is 15.6. The molecule has 0 aliphatic carbocycles. The number of nitrogens with zero attached hydrogens (tertiary/aromatic N) is 1. The van der Waals surface area contributed by atoms with Gasteiger partial charge in [0, 0.05) is 25.0 Å². The van der Waals surface area contributed by atoms with E-state index in [1.165, 1.54) is 12.8 Å². The molecule has 1 aromatic heterocycles. The summed E-state index contributed by atoms with van der Waals surface area (Å²) in [6.07, 6.45) is 4.14. The molecule has 2 atom stereocenters. The Hall–Kier alpha value is -1.62. The number of aromatic nitrogens is 1. The smallest absolute Gasteiger partial charge is 0.269 e. The van der Waals surface area contributed by atoms with Crippen molar-refractivity contribution in [2.45, 2.75) is 25.8 Å². The monoisotopic (exact) mass is 262 g/mol. The largest absolute Gasteiger partial charge is 0.382 e. The summed E-state index contributed by atoms with van der Waals surface area (Å²) >= 11 is 0. The first-order valence-electron chi connectivity index (χ1n) is 6.86. The van der Waals surface area contributed by atoms with Crippen molar-refractivity contribution < 1.29 is 4.79 Å². The molecule has 2 rings (SSSR count). The number of piperidine rings is 1. The molecule has 5 heteroatoms.